The second kappa shape index (κ2) is 10.9. The minimum Gasteiger partial charge on any atom is -0.395 e. The van der Waals surface area contributed by atoms with Gasteiger partial charge in [0, 0.05) is 68.0 Å². The molecule has 8 heteroatoms. The highest BCUT2D eigenvalue weighted by molar-refractivity contribution is 6.05. The van der Waals surface area contributed by atoms with Gasteiger partial charge < -0.3 is 15.4 Å². The van der Waals surface area contributed by atoms with E-state index in [1.54, 1.807) is 0 Å². The molecule has 1 saturated heterocycles. The van der Waals surface area contributed by atoms with Crippen molar-refractivity contribution in [1.29, 1.82) is 0 Å². The standard InChI is InChI=1S/C25H30N4O2.2ClH/c1-2-18-4-5-20(24-21(18)15-26-25(24)31)23-14-19-13-17(3-6-22(19)27-23)16-29-9-7-28(8-10-29)11-12-30;;/h3-6,13-14,27,30H,2,7-12,15-16H2,1H3,(H,26,31);2*1H. The van der Waals surface area contributed by atoms with E-state index in [1.807, 2.05) is 0 Å². The van der Waals surface area contributed by atoms with Crippen molar-refractivity contribution in [3.63, 3.8) is 0 Å². The fourth-order valence-electron chi connectivity index (χ4n) is 4.96. The fraction of sp³-hybridized carbons (Fsp3) is 0.400. The van der Waals surface area contributed by atoms with E-state index < -0.39 is 0 Å². The number of carbonyl (C=O) groups excluding carboxylic acids is 1. The number of hydrogen-bond acceptors (Lipinski definition) is 4. The zero-order valence-electron chi connectivity index (χ0n) is 18.9. The number of aromatic nitrogens is 1. The average molecular weight is 491 g/mol. The van der Waals surface area contributed by atoms with E-state index in [-0.39, 0.29) is 37.3 Å². The number of rotatable bonds is 6. The lowest BCUT2D eigenvalue weighted by Gasteiger charge is -2.34. The van der Waals surface area contributed by atoms with Crippen molar-refractivity contribution in [3.8, 4) is 11.3 Å². The summed E-state index contributed by atoms with van der Waals surface area (Å²) in [6.07, 6.45) is 0.932. The van der Waals surface area contributed by atoms with Crippen LogP contribution in [0, 0.1) is 0 Å². The minimum absolute atomic E-state index is 0. The third-order valence-electron chi connectivity index (χ3n) is 6.71. The van der Waals surface area contributed by atoms with Crippen LogP contribution in [0.15, 0.2) is 36.4 Å². The number of hydrogen-bond donors (Lipinski definition) is 3. The number of nitrogens with one attached hydrogen (secondary N) is 2. The van der Waals surface area contributed by atoms with Crippen LogP contribution in [0.4, 0.5) is 0 Å². The number of aliphatic hydroxyl groups excluding tert-OH is 1. The summed E-state index contributed by atoms with van der Waals surface area (Å²) in [6, 6.07) is 13.0. The van der Waals surface area contributed by atoms with Gasteiger partial charge in [-0.2, -0.15) is 0 Å². The normalized spacial score (nSPS) is 16.2. The molecule has 1 amide bonds. The summed E-state index contributed by atoms with van der Waals surface area (Å²) in [4.78, 5) is 20.9. The number of halogens is 2. The zero-order valence-corrected chi connectivity index (χ0v) is 20.5. The maximum atomic E-state index is 12.5. The predicted octanol–water partition coefficient (Wildman–Crippen LogP) is 3.59. The molecule has 178 valence electrons. The summed E-state index contributed by atoms with van der Waals surface area (Å²) in [6.45, 7) is 8.78. The molecule has 6 nitrogen and oxygen atoms in total. The van der Waals surface area contributed by atoms with E-state index in [1.165, 1.54) is 16.5 Å². The Hall–Kier alpha value is -2.09. The summed E-state index contributed by atoms with van der Waals surface area (Å²) >= 11 is 0. The van der Waals surface area contributed by atoms with Crippen molar-refractivity contribution in [3.05, 3.63) is 58.7 Å². The largest absolute Gasteiger partial charge is 0.395 e. The zero-order chi connectivity index (χ0) is 21.4. The molecule has 0 aliphatic carbocycles. The van der Waals surface area contributed by atoms with Gasteiger partial charge in [0.1, 0.15) is 0 Å². The van der Waals surface area contributed by atoms with Gasteiger partial charge in [-0.3, -0.25) is 14.6 Å². The molecule has 3 heterocycles. The first kappa shape index (κ1) is 25.5. The number of fused-ring (bicyclic) bond motifs is 2. The first-order chi connectivity index (χ1) is 15.2. The Balaban J connectivity index is 0.00000153. The van der Waals surface area contributed by atoms with E-state index in [9.17, 15) is 4.79 Å². The second-order valence-electron chi connectivity index (χ2n) is 8.61. The van der Waals surface area contributed by atoms with Gasteiger partial charge in [0.2, 0.25) is 0 Å². The first-order valence-electron chi connectivity index (χ1n) is 11.3. The highest BCUT2D eigenvalue weighted by Gasteiger charge is 2.26. The lowest BCUT2D eigenvalue weighted by Crippen LogP contribution is -2.46. The van der Waals surface area contributed by atoms with Crippen molar-refractivity contribution in [2.45, 2.75) is 26.4 Å². The number of aliphatic hydroxyl groups is 1. The third kappa shape index (κ3) is 5.05. The van der Waals surface area contributed by atoms with E-state index >= 15 is 0 Å². The number of nitrogens with zero attached hydrogens (tertiary/aromatic N) is 2. The van der Waals surface area contributed by atoms with Crippen LogP contribution in [0.1, 0.15) is 34.0 Å². The molecular formula is C25H32Cl2N4O2. The summed E-state index contributed by atoms with van der Waals surface area (Å²) in [5.74, 6) is 0.0278. The Kier molecular flexibility index (Phi) is 8.43. The molecule has 3 aromatic rings. The van der Waals surface area contributed by atoms with Crippen LogP contribution in [0.5, 0.6) is 0 Å². The average Bonchev–Trinajstić information content (AvgIpc) is 3.38. The van der Waals surface area contributed by atoms with Gasteiger partial charge in [0.05, 0.1) is 12.2 Å². The SMILES string of the molecule is CCc1ccc(-c2cc3cc(CN4CCN(CCO)CC4)ccc3[nH]2)c2c1CNC2=O.Cl.Cl. The van der Waals surface area contributed by atoms with E-state index in [2.05, 4.69) is 63.4 Å². The van der Waals surface area contributed by atoms with Gasteiger partial charge in [0.15, 0.2) is 0 Å². The highest BCUT2D eigenvalue weighted by Crippen LogP contribution is 2.33. The van der Waals surface area contributed by atoms with Crippen LogP contribution in [0.25, 0.3) is 22.2 Å². The number of benzene rings is 2. The molecule has 2 aliphatic rings. The number of carbonyl (C=O) groups is 1. The maximum Gasteiger partial charge on any atom is 0.252 e. The minimum atomic E-state index is 0. The number of β-amino-alcohol motifs (C(OH)–C–C–N with tert-alkyl or cyclic N) is 1. The topological polar surface area (TPSA) is 71.6 Å². The maximum absolute atomic E-state index is 12.5. The predicted molar refractivity (Wildman–Crippen MR) is 138 cm³/mol. The molecule has 5 rings (SSSR count). The van der Waals surface area contributed by atoms with Gasteiger partial charge in [-0.05, 0) is 41.3 Å². The van der Waals surface area contributed by atoms with Crippen LogP contribution in [-0.2, 0) is 19.5 Å². The lowest BCUT2D eigenvalue weighted by molar-refractivity contribution is 0.0966. The van der Waals surface area contributed by atoms with Gasteiger partial charge >= 0.3 is 0 Å². The van der Waals surface area contributed by atoms with E-state index in [0.29, 0.717) is 6.54 Å². The lowest BCUT2D eigenvalue weighted by atomic mass is 9.95. The fourth-order valence-corrected chi connectivity index (χ4v) is 4.96. The number of aromatic amines is 1. The van der Waals surface area contributed by atoms with Crippen molar-refractivity contribution in [2.24, 2.45) is 0 Å². The molecular weight excluding hydrogens is 459 g/mol. The number of aryl methyl sites for hydroxylation is 1. The van der Waals surface area contributed by atoms with E-state index in [0.717, 1.165) is 73.6 Å². The van der Waals surface area contributed by atoms with Crippen LogP contribution >= 0.6 is 24.8 Å². The summed E-state index contributed by atoms with van der Waals surface area (Å²) in [7, 11) is 0. The number of H-pyrrole nitrogens is 1. The van der Waals surface area contributed by atoms with Crippen LogP contribution in [-0.4, -0.2) is 65.1 Å². The number of amides is 1. The van der Waals surface area contributed by atoms with Crippen molar-refractivity contribution in [2.75, 3.05) is 39.3 Å². The van der Waals surface area contributed by atoms with Crippen molar-refractivity contribution in [1.82, 2.24) is 20.1 Å². The molecule has 1 aromatic heterocycles. The first-order valence-corrected chi connectivity index (χ1v) is 11.3. The third-order valence-corrected chi connectivity index (χ3v) is 6.71. The molecule has 0 saturated carbocycles. The Morgan fingerprint density at radius 2 is 1.76 bits per heavy atom. The quantitative estimate of drug-likeness (QED) is 0.493. The van der Waals surface area contributed by atoms with Crippen LogP contribution in [0.2, 0.25) is 0 Å². The molecule has 33 heavy (non-hydrogen) atoms. The smallest absolute Gasteiger partial charge is 0.252 e. The van der Waals surface area contributed by atoms with Crippen molar-refractivity contribution >= 4 is 41.6 Å². The molecule has 0 spiro atoms. The monoisotopic (exact) mass is 490 g/mol. The van der Waals surface area contributed by atoms with Gasteiger partial charge in [-0.25, -0.2) is 0 Å². The van der Waals surface area contributed by atoms with Crippen LogP contribution < -0.4 is 5.32 Å². The van der Waals surface area contributed by atoms with Gasteiger partial charge in [-0.1, -0.05) is 25.1 Å². The molecule has 0 unspecified atom stereocenters. The summed E-state index contributed by atoms with van der Waals surface area (Å²) in [5, 5.41) is 13.3. The molecule has 2 aliphatic heterocycles. The Morgan fingerprint density at radius 3 is 2.48 bits per heavy atom. The summed E-state index contributed by atoms with van der Waals surface area (Å²) < 4.78 is 0. The Labute approximate surface area is 207 Å². The second-order valence-corrected chi connectivity index (χ2v) is 8.61. The Morgan fingerprint density at radius 1 is 1.00 bits per heavy atom. The molecule has 3 N–H and O–H groups in total. The molecule has 0 radical (unpaired) electrons. The van der Waals surface area contributed by atoms with Gasteiger partial charge in [0.25, 0.3) is 5.91 Å². The Bertz CT molecular complexity index is 1120. The van der Waals surface area contributed by atoms with Crippen molar-refractivity contribution < 1.29 is 9.90 Å². The number of piperazine rings is 1. The molecule has 2 aromatic carbocycles. The van der Waals surface area contributed by atoms with Crippen LogP contribution in [0.3, 0.4) is 0 Å². The van der Waals surface area contributed by atoms with E-state index in [4.69, 9.17) is 5.11 Å². The van der Waals surface area contributed by atoms with Gasteiger partial charge in [-0.15, -0.1) is 24.8 Å². The highest BCUT2D eigenvalue weighted by atomic mass is 35.5. The molecule has 0 atom stereocenters. The molecule has 0 bridgehead atoms. The summed E-state index contributed by atoms with van der Waals surface area (Å²) in [5.41, 5.74) is 7.60. The molecule has 1 fully saturated rings.